The van der Waals surface area contributed by atoms with Crippen LogP contribution in [0.1, 0.15) is 181 Å². The molecule has 8 nitrogen and oxygen atoms in total. The second kappa shape index (κ2) is 34.8. The van der Waals surface area contributed by atoms with E-state index in [-0.39, 0.29) is 25.7 Å². The quantitative estimate of drug-likeness (QED) is 0.0293. The fourth-order valence-electron chi connectivity index (χ4n) is 5.60. The molecule has 278 valence electrons. The fourth-order valence-corrected chi connectivity index (χ4v) is 6.36. The van der Waals surface area contributed by atoms with Gasteiger partial charge >= 0.3 is 7.82 Å². The summed E-state index contributed by atoms with van der Waals surface area (Å²) in [5.41, 5.74) is 5.35. The van der Waals surface area contributed by atoms with Crippen molar-refractivity contribution >= 4 is 13.7 Å². The van der Waals surface area contributed by atoms with Crippen molar-refractivity contribution in [3.63, 3.8) is 0 Å². The zero-order chi connectivity index (χ0) is 34.7. The maximum atomic E-state index is 12.7. The first-order valence-corrected chi connectivity index (χ1v) is 21.0. The first-order chi connectivity index (χ1) is 22.9. The number of nitrogens with one attached hydrogen (secondary N) is 1. The summed E-state index contributed by atoms with van der Waals surface area (Å²) in [6.45, 7) is 4.07. The van der Waals surface area contributed by atoms with Crippen molar-refractivity contribution in [3.8, 4) is 0 Å². The van der Waals surface area contributed by atoms with Crippen molar-refractivity contribution in [1.29, 1.82) is 0 Å². The van der Waals surface area contributed by atoms with E-state index in [1.807, 2.05) is 6.08 Å². The number of phosphoric acid groups is 1. The van der Waals surface area contributed by atoms with Crippen LogP contribution in [0.3, 0.4) is 0 Å². The molecule has 0 aliphatic carbocycles. The maximum Gasteiger partial charge on any atom is 0.472 e. The van der Waals surface area contributed by atoms with Gasteiger partial charge in [0, 0.05) is 13.0 Å². The van der Waals surface area contributed by atoms with Crippen molar-refractivity contribution in [1.82, 2.24) is 5.32 Å². The molecule has 0 spiro atoms. The van der Waals surface area contributed by atoms with Gasteiger partial charge < -0.3 is 21.1 Å². The van der Waals surface area contributed by atoms with E-state index in [2.05, 4.69) is 25.2 Å². The van der Waals surface area contributed by atoms with E-state index < -0.39 is 20.0 Å². The Morgan fingerprint density at radius 2 is 1.15 bits per heavy atom. The Labute approximate surface area is 289 Å². The molecule has 3 atom stereocenters. The molecule has 0 rings (SSSR count). The lowest BCUT2D eigenvalue weighted by Gasteiger charge is -2.23. The lowest BCUT2D eigenvalue weighted by molar-refractivity contribution is -0.123. The van der Waals surface area contributed by atoms with Gasteiger partial charge in [0.2, 0.25) is 5.91 Å². The number of allylic oxidation sites excluding steroid dienone is 3. The number of amides is 1. The Kier molecular flexibility index (Phi) is 34.1. The molecule has 1 unspecified atom stereocenters. The largest absolute Gasteiger partial charge is 0.472 e. The number of hydrogen-bond donors (Lipinski definition) is 4. The second-order valence-electron chi connectivity index (χ2n) is 13.2. The minimum absolute atomic E-state index is 0.0734. The third kappa shape index (κ3) is 33.3. The van der Waals surface area contributed by atoms with Gasteiger partial charge in [-0.15, -0.1) is 0 Å². The van der Waals surface area contributed by atoms with Crippen LogP contribution in [-0.4, -0.2) is 47.8 Å². The van der Waals surface area contributed by atoms with E-state index in [0.29, 0.717) is 6.42 Å². The highest BCUT2D eigenvalue weighted by atomic mass is 31.2. The predicted octanol–water partition coefficient (Wildman–Crippen LogP) is 10.2. The van der Waals surface area contributed by atoms with E-state index in [4.69, 9.17) is 14.8 Å². The summed E-state index contributed by atoms with van der Waals surface area (Å²) in [6, 6.07) is -0.886. The van der Waals surface area contributed by atoms with E-state index in [1.54, 1.807) is 12.2 Å². The van der Waals surface area contributed by atoms with Gasteiger partial charge in [0.1, 0.15) is 0 Å². The lowest BCUT2D eigenvalue weighted by Crippen LogP contribution is -2.45. The summed E-state index contributed by atoms with van der Waals surface area (Å²) in [4.78, 5) is 22.6. The van der Waals surface area contributed by atoms with E-state index in [0.717, 1.165) is 32.1 Å². The van der Waals surface area contributed by atoms with Crippen molar-refractivity contribution < 1.29 is 28.4 Å². The lowest BCUT2D eigenvalue weighted by atomic mass is 10.0. The molecule has 0 aromatic rings. The third-order valence-electron chi connectivity index (χ3n) is 8.59. The average Bonchev–Trinajstić information content (AvgIpc) is 3.05. The number of aliphatic hydroxyl groups is 1. The SMILES string of the molecule is CCCCCCCCC/C=C/C=C/[C@@H](O)[C@H](COP(=O)(O)OCCN)NC(=O)CCCCCCCCCCCCCCCCCCC. The van der Waals surface area contributed by atoms with E-state index >= 15 is 0 Å². The van der Waals surface area contributed by atoms with Crippen LogP contribution >= 0.6 is 7.82 Å². The molecular weight excluding hydrogens is 611 g/mol. The summed E-state index contributed by atoms with van der Waals surface area (Å²) >= 11 is 0. The monoisotopic (exact) mass is 687 g/mol. The van der Waals surface area contributed by atoms with Crippen LogP contribution in [-0.2, 0) is 18.4 Å². The van der Waals surface area contributed by atoms with E-state index in [1.165, 1.54) is 128 Å². The zero-order valence-corrected chi connectivity index (χ0v) is 31.4. The average molecular weight is 687 g/mol. The molecule has 1 amide bonds. The topological polar surface area (TPSA) is 131 Å². The number of nitrogens with two attached hydrogens (primary N) is 1. The van der Waals surface area contributed by atoms with Crippen LogP contribution in [0.4, 0.5) is 0 Å². The molecule has 9 heteroatoms. The van der Waals surface area contributed by atoms with Gasteiger partial charge in [-0.3, -0.25) is 13.8 Å². The van der Waals surface area contributed by atoms with Gasteiger partial charge in [-0.2, -0.15) is 0 Å². The molecule has 0 saturated heterocycles. The standard InChI is InChI=1S/C38H75N2O6P/c1-3-5-7-9-11-13-15-16-17-18-19-20-22-24-26-28-30-32-38(42)40-36(35-46-47(43,44)45-34-33-39)37(41)31-29-27-25-23-21-14-12-10-8-6-4-2/h25,27,29,31,36-37,41H,3-24,26,28,30,32-35,39H2,1-2H3,(H,40,42)(H,43,44)/b27-25+,31-29+/t36-,37+/m0/s1. The predicted molar refractivity (Wildman–Crippen MR) is 198 cm³/mol. The molecule has 0 aromatic heterocycles. The number of carbonyl (C=O) groups is 1. The van der Waals surface area contributed by atoms with Gasteiger partial charge in [0.15, 0.2) is 0 Å². The van der Waals surface area contributed by atoms with Crippen LogP contribution in [0.15, 0.2) is 24.3 Å². The van der Waals surface area contributed by atoms with Crippen LogP contribution in [0.25, 0.3) is 0 Å². The molecule has 0 saturated carbocycles. The number of unbranched alkanes of at least 4 members (excludes halogenated alkanes) is 23. The van der Waals surface area contributed by atoms with Gasteiger partial charge in [-0.25, -0.2) is 4.57 Å². The minimum atomic E-state index is -4.34. The van der Waals surface area contributed by atoms with Gasteiger partial charge in [-0.05, 0) is 19.3 Å². The molecule has 5 N–H and O–H groups in total. The maximum absolute atomic E-state index is 12.7. The first kappa shape index (κ1) is 46.0. The highest BCUT2D eigenvalue weighted by Crippen LogP contribution is 2.43. The van der Waals surface area contributed by atoms with Crippen molar-refractivity contribution in [2.24, 2.45) is 5.73 Å². The van der Waals surface area contributed by atoms with Crippen LogP contribution in [0.5, 0.6) is 0 Å². The highest BCUT2D eigenvalue weighted by molar-refractivity contribution is 7.47. The Morgan fingerprint density at radius 1 is 0.702 bits per heavy atom. The molecule has 0 aliphatic rings. The number of carbonyl (C=O) groups excluding carboxylic acids is 1. The summed E-state index contributed by atoms with van der Waals surface area (Å²) < 4.78 is 22.0. The molecular formula is C38H75N2O6P. The van der Waals surface area contributed by atoms with Crippen LogP contribution in [0.2, 0.25) is 0 Å². The minimum Gasteiger partial charge on any atom is -0.387 e. The summed E-state index contributed by atoms with van der Waals surface area (Å²) in [5.74, 6) is -0.211. The molecule has 0 bridgehead atoms. The van der Waals surface area contributed by atoms with Gasteiger partial charge in [-0.1, -0.05) is 179 Å². The summed E-state index contributed by atoms with van der Waals surface area (Å²) in [5, 5.41) is 13.5. The summed E-state index contributed by atoms with van der Waals surface area (Å²) in [6.07, 6.45) is 38.1. The summed E-state index contributed by atoms with van der Waals surface area (Å²) in [7, 11) is -4.34. The molecule has 0 fully saturated rings. The second-order valence-corrected chi connectivity index (χ2v) is 14.6. The van der Waals surface area contributed by atoms with E-state index in [9.17, 15) is 19.4 Å². The Hall–Kier alpha value is -1.02. The normalized spacial score (nSPS) is 14.6. The molecule has 0 aliphatic heterocycles. The fraction of sp³-hybridized carbons (Fsp3) is 0.868. The van der Waals surface area contributed by atoms with Gasteiger partial charge in [0.05, 0.1) is 25.4 Å². The Balaban J connectivity index is 4.27. The van der Waals surface area contributed by atoms with Crippen LogP contribution < -0.4 is 11.1 Å². The molecule has 47 heavy (non-hydrogen) atoms. The smallest absolute Gasteiger partial charge is 0.387 e. The van der Waals surface area contributed by atoms with Crippen molar-refractivity contribution in [2.45, 2.75) is 193 Å². The third-order valence-corrected chi connectivity index (χ3v) is 9.57. The van der Waals surface area contributed by atoms with Crippen molar-refractivity contribution in [3.05, 3.63) is 24.3 Å². The highest BCUT2D eigenvalue weighted by Gasteiger charge is 2.26. The Bertz CT molecular complexity index is 794. The zero-order valence-electron chi connectivity index (χ0n) is 30.5. The molecule has 0 radical (unpaired) electrons. The number of phosphoric ester groups is 1. The Morgan fingerprint density at radius 3 is 1.62 bits per heavy atom. The molecule has 0 aromatic carbocycles. The number of aliphatic hydroxyl groups excluding tert-OH is 1. The number of hydrogen-bond acceptors (Lipinski definition) is 6. The number of rotatable bonds is 36. The van der Waals surface area contributed by atoms with Gasteiger partial charge in [0.25, 0.3) is 0 Å². The first-order valence-electron chi connectivity index (χ1n) is 19.5. The van der Waals surface area contributed by atoms with Crippen LogP contribution in [0, 0.1) is 0 Å². The molecule has 0 heterocycles. The van der Waals surface area contributed by atoms with Crippen molar-refractivity contribution in [2.75, 3.05) is 19.8 Å².